The molecule has 0 saturated heterocycles. The molecule has 0 saturated carbocycles. The molecule has 0 fully saturated rings. The van der Waals surface area contributed by atoms with Gasteiger partial charge in [0.2, 0.25) is 0 Å². The van der Waals surface area contributed by atoms with Crippen LogP contribution in [-0.2, 0) is 11.3 Å². The minimum absolute atomic E-state index is 0.0108. The Bertz CT molecular complexity index is 573. The van der Waals surface area contributed by atoms with E-state index in [2.05, 4.69) is 5.10 Å². The molecule has 1 heterocycles. The number of aromatic nitrogens is 2. The Kier molecular flexibility index (Phi) is 3.97. The molecule has 100 valence electrons. The summed E-state index contributed by atoms with van der Waals surface area (Å²) in [7, 11) is 0. The van der Waals surface area contributed by atoms with E-state index in [4.69, 9.17) is 9.84 Å². The average molecular weight is 260 g/mol. The third kappa shape index (κ3) is 2.82. The zero-order valence-electron chi connectivity index (χ0n) is 11.0. The zero-order chi connectivity index (χ0) is 13.8. The number of hydrogen-bond acceptors (Lipinski definition) is 4. The van der Waals surface area contributed by atoms with Gasteiger partial charge in [-0.15, -0.1) is 0 Å². The predicted molar refractivity (Wildman–Crippen MR) is 70.2 cm³/mol. The van der Waals surface area contributed by atoms with E-state index in [0.717, 1.165) is 16.9 Å². The van der Waals surface area contributed by atoms with E-state index in [0.29, 0.717) is 12.3 Å². The van der Waals surface area contributed by atoms with Crippen LogP contribution in [0.25, 0.3) is 5.69 Å². The number of aryl methyl sites for hydroxylation is 1. The summed E-state index contributed by atoms with van der Waals surface area (Å²) >= 11 is 0. The molecular weight excluding hydrogens is 244 g/mol. The minimum atomic E-state index is -0.394. The fraction of sp³-hybridized carbons (Fsp3) is 0.286. The van der Waals surface area contributed by atoms with Gasteiger partial charge < -0.3 is 9.84 Å². The second kappa shape index (κ2) is 5.67. The van der Waals surface area contributed by atoms with Crippen molar-refractivity contribution >= 4 is 5.97 Å². The first kappa shape index (κ1) is 13.3. The van der Waals surface area contributed by atoms with Gasteiger partial charge in [-0.05, 0) is 37.6 Å². The van der Waals surface area contributed by atoms with Crippen molar-refractivity contribution in [2.45, 2.75) is 20.5 Å². The van der Waals surface area contributed by atoms with Crippen LogP contribution >= 0.6 is 0 Å². The molecule has 5 heteroatoms. The number of carbonyl (C=O) groups is 1. The molecule has 0 unspecified atom stereocenters. The first-order valence-electron chi connectivity index (χ1n) is 6.09. The number of benzene rings is 1. The lowest BCUT2D eigenvalue weighted by Gasteiger charge is -2.07. The molecule has 0 bridgehead atoms. The number of carbonyl (C=O) groups excluding carboxylic acids is 1. The van der Waals surface area contributed by atoms with E-state index in [-0.39, 0.29) is 6.61 Å². The molecule has 0 aliphatic carbocycles. The lowest BCUT2D eigenvalue weighted by Crippen LogP contribution is -2.11. The molecule has 0 spiro atoms. The molecule has 0 amide bonds. The van der Waals surface area contributed by atoms with Crippen LogP contribution in [0.1, 0.15) is 28.7 Å². The van der Waals surface area contributed by atoms with Crippen molar-refractivity contribution < 1.29 is 14.6 Å². The number of esters is 1. The predicted octanol–water partition coefficient (Wildman–Crippen LogP) is 1.85. The summed E-state index contributed by atoms with van der Waals surface area (Å²) in [4.78, 5) is 11.9. The van der Waals surface area contributed by atoms with Gasteiger partial charge in [0.1, 0.15) is 0 Å². The first-order valence-corrected chi connectivity index (χ1v) is 6.09. The van der Waals surface area contributed by atoms with Crippen molar-refractivity contribution in [1.82, 2.24) is 9.78 Å². The van der Waals surface area contributed by atoms with Crippen molar-refractivity contribution in [2.24, 2.45) is 0 Å². The number of hydrogen-bond donors (Lipinski definition) is 1. The van der Waals surface area contributed by atoms with Gasteiger partial charge in [0.05, 0.1) is 24.6 Å². The normalized spacial score (nSPS) is 10.5. The molecular formula is C14H16N2O3. The number of nitrogens with zero attached hydrogens (tertiary/aromatic N) is 2. The summed E-state index contributed by atoms with van der Waals surface area (Å²) in [5, 5.41) is 13.3. The number of rotatable bonds is 4. The highest BCUT2D eigenvalue weighted by atomic mass is 16.5. The van der Waals surface area contributed by atoms with Gasteiger partial charge in [-0.1, -0.05) is 12.1 Å². The van der Waals surface area contributed by atoms with E-state index in [1.165, 1.54) is 0 Å². The topological polar surface area (TPSA) is 64.3 Å². The molecule has 19 heavy (non-hydrogen) atoms. The van der Waals surface area contributed by atoms with Gasteiger partial charge in [0, 0.05) is 0 Å². The summed E-state index contributed by atoms with van der Waals surface area (Å²) in [5.74, 6) is -0.394. The number of ether oxygens (including phenoxy) is 1. The summed E-state index contributed by atoms with van der Waals surface area (Å²) in [5.41, 5.74) is 2.71. The molecule has 0 atom stereocenters. The summed E-state index contributed by atoms with van der Waals surface area (Å²) in [6.07, 6.45) is 0. The van der Waals surface area contributed by atoms with Crippen molar-refractivity contribution in [1.29, 1.82) is 0 Å². The maximum Gasteiger partial charge on any atom is 0.357 e. The highest BCUT2D eigenvalue weighted by Crippen LogP contribution is 2.14. The third-order valence-electron chi connectivity index (χ3n) is 2.68. The highest BCUT2D eigenvalue weighted by molar-refractivity contribution is 5.88. The average Bonchev–Trinajstić information content (AvgIpc) is 2.81. The SMILES string of the molecule is CCOC(=O)c1cc(C)nn1-c1ccc(CO)cc1. The molecule has 1 aromatic carbocycles. The highest BCUT2D eigenvalue weighted by Gasteiger charge is 2.16. The van der Waals surface area contributed by atoms with Crippen molar-refractivity contribution in [3.05, 3.63) is 47.3 Å². The van der Waals surface area contributed by atoms with E-state index in [1.54, 1.807) is 41.9 Å². The maximum atomic E-state index is 11.9. The van der Waals surface area contributed by atoms with Crippen LogP contribution in [0.15, 0.2) is 30.3 Å². The Balaban J connectivity index is 2.40. The monoisotopic (exact) mass is 260 g/mol. The Labute approximate surface area is 111 Å². The Morgan fingerprint density at radius 3 is 2.63 bits per heavy atom. The molecule has 1 aromatic heterocycles. The summed E-state index contributed by atoms with van der Waals surface area (Å²) in [6, 6.07) is 8.89. The van der Waals surface area contributed by atoms with Crippen LogP contribution in [0, 0.1) is 6.92 Å². The lowest BCUT2D eigenvalue weighted by atomic mass is 10.2. The van der Waals surface area contributed by atoms with Crippen LogP contribution in [0.5, 0.6) is 0 Å². The van der Waals surface area contributed by atoms with Crippen LogP contribution in [0.4, 0.5) is 0 Å². The van der Waals surface area contributed by atoms with Crippen LogP contribution in [-0.4, -0.2) is 27.5 Å². The third-order valence-corrected chi connectivity index (χ3v) is 2.68. The molecule has 0 radical (unpaired) electrons. The molecule has 0 aliphatic heterocycles. The molecule has 2 rings (SSSR count). The minimum Gasteiger partial charge on any atom is -0.461 e. The van der Waals surface area contributed by atoms with Gasteiger partial charge >= 0.3 is 5.97 Å². The van der Waals surface area contributed by atoms with Gasteiger partial charge in [0.25, 0.3) is 0 Å². The van der Waals surface area contributed by atoms with E-state index in [9.17, 15) is 4.79 Å². The maximum absolute atomic E-state index is 11.9. The van der Waals surface area contributed by atoms with Gasteiger partial charge in [-0.25, -0.2) is 9.48 Å². The second-order valence-corrected chi connectivity index (χ2v) is 4.13. The van der Waals surface area contributed by atoms with E-state index < -0.39 is 5.97 Å². The Morgan fingerprint density at radius 1 is 1.37 bits per heavy atom. The van der Waals surface area contributed by atoms with Crippen LogP contribution < -0.4 is 0 Å². The van der Waals surface area contributed by atoms with Crippen molar-refractivity contribution in [3.8, 4) is 5.69 Å². The largest absolute Gasteiger partial charge is 0.461 e. The van der Waals surface area contributed by atoms with Crippen molar-refractivity contribution in [3.63, 3.8) is 0 Å². The lowest BCUT2D eigenvalue weighted by molar-refractivity contribution is 0.0515. The Hall–Kier alpha value is -2.14. The standard InChI is InChI=1S/C14H16N2O3/c1-3-19-14(18)13-8-10(2)15-16(13)12-6-4-11(9-17)5-7-12/h4-8,17H,3,9H2,1-2H3. The quantitative estimate of drug-likeness (QED) is 0.852. The molecule has 2 aromatic rings. The van der Waals surface area contributed by atoms with Crippen LogP contribution in [0.2, 0.25) is 0 Å². The fourth-order valence-corrected chi connectivity index (χ4v) is 1.79. The van der Waals surface area contributed by atoms with Crippen molar-refractivity contribution in [2.75, 3.05) is 6.61 Å². The summed E-state index contributed by atoms with van der Waals surface area (Å²) < 4.78 is 6.56. The first-order chi connectivity index (χ1) is 9.15. The molecule has 5 nitrogen and oxygen atoms in total. The second-order valence-electron chi connectivity index (χ2n) is 4.13. The number of aliphatic hydroxyl groups excluding tert-OH is 1. The summed E-state index contributed by atoms with van der Waals surface area (Å²) in [6.45, 7) is 3.90. The fourth-order valence-electron chi connectivity index (χ4n) is 1.79. The Morgan fingerprint density at radius 2 is 2.05 bits per heavy atom. The van der Waals surface area contributed by atoms with Crippen LogP contribution in [0.3, 0.4) is 0 Å². The van der Waals surface area contributed by atoms with E-state index in [1.807, 2.05) is 6.92 Å². The van der Waals surface area contributed by atoms with Gasteiger partial charge in [-0.2, -0.15) is 5.10 Å². The van der Waals surface area contributed by atoms with Gasteiger partial charge in [0.15, 0.2) is 5.69 Å². The zero-order valence-corrected chi connectivity index (χ0v) is 11.0. The molecule has 0 aliphatic rings. The molecule has 1 N–H and O–H groups in total. The van der Waals surface area contributed by atoms with E-state index >= 15 is 0 Å². The number of aliphatic hydroxyl groups is 1. The smallest absolute Gasteiger partial charge is 0.357 e. The van der Waals surface area contributed by atoms with Gasteiger partial charge in [-0.3, -0.25) is 0 Å².